The number of halogens is 1. The fraction of sp³-hybridized carbons (Fsp3) is 0.0417. The van der Waals surface area contributed by atoms with Crippen molar-refractivity contribution < 1.29 is 4.42 Å². The van der Waals surface area contributed by atoms with E-state index in [1.165, 1.54) is 0 Å². The van der Waals surface area contributed by atoms with Gasteiger partial charge in [0.25, 0.3) is 0 Å². The van der Waals surface area contributed by atoms with Gasteiger partial charge in [-0.25, -0.2) is 0 Å². The molecule has 0 fully saturated rings. The van der Waals surface area contributed by atoms with Gasteiger partial charge in [0.15, 0.2) is 0 Å². The van der Waals surface area contributed by atoms with Gasteiger partial charge in [-0.3, -0.25) is 0 Å². The van der Waals surface area contributed by atoms with Crippen molar-refractivity contribution in [2.45, 2.75) is 6.54 Å². The van der Waals surface area contributed by atoms with E-state index in [0.29, 0.717) is 28.8 Å². The quantitative estimate of drug-likeness (QED) is 0.414. The Hall–Kier alpha value is -3.48. The summed E-state index contributed by atoms with van der Waals surface area (Å²) in [6.07, 6.45) is 0. The Morgan fingerprint density at radius 2 is 1.43 bits per heavy atom. The highest BCUT2D eigenvalue weighted by molar-refractivity contribution is 6.30. The lowest BCUT2D eigenvalue weighted by Gasteiger charge is -2.04. The average molecular weight is 385 g/mol. The first-order valence-electron chi connectivity index (χ1n) is 8.92. The summed E-state index contributed by atoms with van der Waals surface area (Å²) in [5.74, 6) is 1.15. The first-order chi connectivity index (χ1) is 13.8. The SMILES string of the molecule is N#Cc1c(NCc2ccc(Cl)cc2)oc(-c2ccccc2)c1-c1ccccc1. The van der Waals surface area contributed by atoms with Gasteiger partial charge in [-0.15, -0.1) is 0 Å². The summed E-state index contributed by atoms with van der Waals surface area (Å²) in [7, 11) is 0. The summed E-state index contributed by atoms with van der Waals surface area (Å²) >= 11 is 5.95. The minimum atomic E-state index is 0.468. The number of anilines is 1. The second-order valence-electron chi connectivity index (χ2n) is 6.33. The number of hydrogen-bond acceptors (Lipinski definition) is 3. The molecule has 1 N–H and O–H groups in total. The van der Waals surface area contributed by atoms with Crippen LogP contribution in [0.4, 0.5) is 5.88 Å². The zero-order chi connectivity index (χ0) is 19.3. The second kappa shape index (κ2) is 8.04. The summed E-state index contributed by atoms with van der Waals surface area (Å²) in [6.45, 7) is 0.530. The molecule has 4 aromatic rings. The molecule has 0 aliphatic heterocycles. The molecule has 0 radical (unpaired) electrons. The number of rotatable bonds is 5. The van der Waals surface area contributed by atoms with Gasteiger partial charge in [-0.05, 0) is 23.3 Å². The van der Waals surface area contributed by atoms with E-state index >= 15 is 0 Å². The first-order valence-corrected chi connectivity index (χ1v) is 9.30. The molecule has 1 aromatic heterocycles. The van der Waals surface area contributed by atoms with Crippen LogP contribution in [0.3, 0.4) is 0 Å². The highest BCUT2D eigenvalue weighted by atomic mass is 35.5. The number of hydrogen-bond donors (Lipinski definition) is 1. The molecule has 3 aromatic carbocycles. The zero-order valence-electron chi connectivity index (χ0n) is 15.0. The van der Waals surface area contributed by atoms with Crippen LogP contribution >= 0.6 is 11.6 Å². The molecular formula is C24H17ClN2O. The van der Waals surface area contributed by atoms with Gasteiger partial charge in [-0.1, -0.05) is 84.4 Å². The average Bonchev–Trinajstić information content (AvgIpc) is 3.13. The Balaban J connectivity index is 1.78. The molecule has 0 saturated heterocycles. The molecule has 136 valence electrons. The maximum atomic E-state index is 9.89. The van der Waals surface area contributed by atoms with Crippen LogP contribution in [-0.4, -0.2) is 0 Å². The summed E-state index contributed by atoms with van der Waals surface area (Å²) in [5.41, 5.74) is 4.22. The Morgan fingerprint density at radius 3 is 2.04 bits per heavy atom. The molecule has 28 heavy (non-hydrogen) atoms. The molecule has 4 rings (SSSR count). The van der Waals surface area contributed by atoms with E-state index in [1.54, 1.807) is 0 Å². The maximum Gasteiger partial charge on any atom is 0.212 e. The number of benzene rings is 3. The third-order valence-electron chi connectivity index (χ3n) is 4.48. The van der Waals surface area contributed by atoms with E-state index in [4.69, 9.17) is 16.0 Å². The van der Waals surface area contributed by atoms with Gasteiger partial charge in [0.1, 0.15) is 17.4 Å². The second-order valence-corrected chi connectivity index (χ2v) is 6.77. The monoisotopic (exact) mass is 384 g/mol. The van der Waals surface area contributed by atoms with Crippen molar-refractivity contribution in [3.8, 4) is 28.5 Å². The molecule has 1 heterocycles. The number of nitrogens with one attached hydrogen (secondary N) is 1. The van der Waals surface area contributed by atoms with Crippen LogP contribution in [0.5, 0.6) is 0 Å². The highest BCUT2D eigenvalue weighted by Gasteiger charge is 2.22. The molecule has 0 aliphatic carbocycles. The van der Waals surface area contributed by atoms with Gasteiger partial charge in [0.2, 0.25) is 5.88 Å². The Bertz CT molecular complexity index is 1110. The normalized spacial score (nSPS) is 10.4. The van der Waals surface area contributed by atoms with Gasteiger partial charge in [0, 0.05) is 22.7 Å². The number of nitriles is 1. The number of nitrogens with zero attached hydrogens (tertiary/aromatic N) is 1. The summed E-state index contributed by atoms with van der Waals surface area (Å²) in [4.78, 5) is 0. The Morgan fingerprint density at radius 1 is 0.821 bits per heavy atom. The van der Waals surface area contributed by atoms with E-state index in [9.17, 15) is 5.26 Å². The van der Waals surface area contributed by atoms with Crippen molar-refractivity contribution in [3.63, 3.8) is 0 Å². The topological polar surface area (TPSA) is 49.0 Å². The van der Waals surface area contributed by atoms with Crippen molar-refractivity contribution in [3.05, 3.63) is 101 Å². The predicted molar refractivity (Wildman–Crippen MR) is 113 cm³/mol. The van der Waals surface area contributed by atoms with Gasteiger partial charge < -0.3 is 9.73 Å². The smallest absolute Gasteiger partial charge is 0.212 e. The first kappa shape index (κ1) is 17.9. The van der Waals surface area contributed by atoms with Crippen LogP contribution < -0.4 is 5.32 Å². The maximum absolute atomic E-state index is 9.89. The molecule has 0 atom stereocenters. The number of furan rings is 1. The van der Waals surface area contributed by atoms with E-state index in [-0.39, 0.29) is 0 Å². The summed E-state index contributed by atoms with van der Waals surface area (Å²) in [6, 6.07) is 29.6. The third kappa shape index (κ3) is 3.64. The molecular weight excluding hydrogens is 368 g/mol. The molecule has 0 bridgehead atoms. The molecule has 0 unspecified atom stereocenters. The van der Waals surface area contributed by atoms with Crippen LogP contribution in [-0.2, 0) is 6.54 Å². The van der Waals surface area contributed by atoms with E-state index in [1.807, 2.05) is 84.9 Å². The molecule has 0 amide bonds. The third-order valence-corrected chi connectivity index (χ3v) is 4.74. The molecule has 3 nitrogen and oxygen atoms in total. The van der Waals surface area contributed by atoms with E-state index < -0.39 is 0 Å². The van der Waals surface area contributed by atoms with Crippen molar-refractivity contribution in [2.24, 2.45) is 0 Å². The van der Waals surface area contributed by atoms with Crippen LogP contribution in [0.1, 0.15) is 11.1 Å². The predicted octanol–water partition coefficient (Wildman–Crippen LogP) is 6.75. The minimum Gasteiger partial charge on any atom is -0.439 e. The van der Waals surface area contributed by atoms with Crippen molar-refractivity contribution in [2.75, 3.05) is 5.32 Å². The van der Waals surface area contributed by atoms with Gasteiger partial charge in [0.05, 0.1) is 0 Å². The summed E-state index contributed by atoms with van der Waals surface area (Å²) < 4.78 is 6.16. The van der Waals surface area contributed by atoms with E-state index in [2.05, 4.69) is 11.4 Å². The molecule has 4 heteroatoms. The lowest BCUT2D eigenvalue weighted by molar-refractivity contribution is 0.593. The van der Waals surface area contributed by atoms with E-state index in [0.717, 1.165) is 22.3 Å². The van der Waals surface area contributed by atoms with Crippen LogP contribution in [0, 0.1) is 11.3 Å². The van der Waals surface area contributed by atoms with Crippen LogP contribution in [0.15, 0.2) is 89.3 Å². The summed E-state index contributed by atoms with van der Waals surface area (Å²) in [5, 5.41) is 13.8. The fourth-order valence-corrected chi connectivity index (χ4v) is 3.25. The fourth-order valence-electron chi connectivity index (χ4n) is 3.12. The van der Waals surface area contributed by atoms with Crippen molar-refractivity contribution in [1.82, 2.24) is 0 Å². The zero-order valence-corrected chi connectivity index (χ0v) is 15.8. The lowest BCUT2D eigenvalue weighted by atomic mass is 9.98. The molecule has 0 aliphatic rings. The minimum absolute atomic E-state index is 0.468. The standard InChI is InChI=1S/C24H17ClN2O/c25-20-13-11-17(12-14-20)16-27-24-21(15-26)22(18-7-3-1-4-8-18)23(28-24)19-9-5-2-6-10-19/h1-14,27H,16H2. The van der Waals surface area contributed by atoms with Crippen molar-refractivity contribution >= 4 is 17.5 Å². The lowest BCUT2D eigenvalue weighted by Crippen LogP contribution is -1.99. The highest BCUT2D eigenvalue weighted by Crippen LogP contribution is 2.41. The van der Waals surface area contributed by atoms with Crippen molar-refractivity contribution in [1.29, 1.82) is 5.26 Å². The molecule has 0 spiro atoms. The van der Waals surface area contributed by atoms with Crippen LogP contribution in [0.2, 0.25) is 5.02 Å². The van der Waals surface area contributed by atoms with Crippen LogP contribution in [0.25, 0.3) is 22.5 Å². The Labute approximate surface area is 168 Å². The Kier molecular flexibility index (Phi) is 5.14. The largest absolute Gasteiger partial charge is 0.439 e. The van der Waals surface area contributed by atoms with Gasteiger partial charge >= 0.3 is 0 Å². The molecule has 0 saturated carbocycles. The van der Waals surface area contributed by atoms with Gasteiger partial charge in [-0.2, -0.15) is 5.26 Å².